The van der Waals surface area contributed by atoms with Crippen LogP contribution in [0.5, 0.6) is 5.75 Å². The smallest absolute Gasteiger partial charge is 0.341 e. The molecule has 1 atom stereocenters. The molecule has 0 unspecified atom stereocenters. The van der Waals surface area contributed by atoms with Crippen LogP contribution >= 0.6 is 11.3 Å². The van der Waals surface area contributed by atoms with E-state index in [9.17, 15) is 9.59 Å². The molecule has 1 heterocycles. The summed E-state index contributed by atoms with van der Waals surface area (Å²) in [6, 6.07) is 7.04. The fraction of sp³-hybridized carbons (Fsp3) is 0.429. The standard InChI is InChI=1S/C21H25NO4S/c1-12(2)26-21(24)18-15-10-9-13(3)11-17(15)27-20(18)22-19(23)14-7-5-6-8-16(14)25-4/h5-8,12-13H,9-11H2,1-4H3,(H,22,23)/t13-/m1/s1. The Hall–Kier alpha value is -2.34. The number of fused-ring (bicyclic) bond motifs is 1. The minimum Gasteiger partial charge on any atom is -0.496 e. The molecule has 1 aromatic carbocycles. The van der Waals surface area contributed by atoms with Crippen molar-refractivity contribution in [2.45, 2.75) is 46.1 Å². The van der Waals surface area contributed by atoms with Gasteiger partial charge in [0.05, 0.1) is 24.3 Å². The zero-order valence-electron chi connectivity index (χ0n) is 16.1. The van der Waals surface area contributed by atoms with Crippen LogP contribution in [0.1, 0.15) is 58.3 Å². The number of amides is 1. The summed E-state index contributed by atoms with van der Waals surface area (Å²) in [6.45, 7) is 5.86. The van der Waals surface area contributed by atoms with E-state index in [1.54, 1.807) is 18.2 Å². The molecule has 0 bridgehead atoms. The fourth-order valence-corrected chi connectivity index (χ4v) is 4.72. The number of hydrogen-bond acceptors (Lipinski definition) is 5. The molecule has 144 valence electrons. The third-order valence-corrected chi connectivity index (χ3v) is 5.81. The van der Waals surface area contributed by atoms with Crippen molar-refractivity contribution in [3.05, 3.63) is 45.8 Å². The number of ether oxygens (including phenoxy) is 2. The van der Waals surface area contributed by atoms with Gasteiger partial charge in [0.15, 0.2) is 0 Å². The molecule has 1 aliphatic rings. The van der Waals surface area contributed by atoms with Crippen LogP contribution in [-0.2, 0) is 17.6 Å². The maximum absolute atomic E-state index is 12.8. The summed E-state index contributed by atoms with van der Waals surface area (Å²) in [7, 11) is 1.53. The lowest BCUT2D eigenvalue weighted by Gasteiger charge is -2.19. The van der Waals surface area contributed by atoms with Gasteiger partial charge < -0.3 is 14.8 Å². The van der Waals surface area contributed by atoms with Crippen LogP contribution in [0.2, 0.25) is 0 Å². The largest absolute Gasteiger partial charge is 0.496 e. The number of carbonyl (C=O) groups excluding carboxylic acids is 2. The number of carbonyl (C=O) groups is 2. The van der Waals surface area contributed by atoms with Crippen LogP contribution in [0.3, 0.4) is 0 Å². The minimum absolute atomic E-state index is 0.215. The molecule has 1 aliphatic carbocycles. The second kappa shape index (κ2) is 8.13. The summed E-state index contributed by atoms with van der Waals surface area (Å²) >= 11 is 1.48. The SMILES string of the molecule is COc1ccccc1C(=O)Nc1sc2c(c1C(=O)OC(C)C)CC[C@@H](C)C2. The van der Waals surface area contributed by atoms with Crippen LogP contribution in [0.15, 0.2) is 24.3 Å². The predicted molar refractivity (Wildman–Crippen MR) is 107 cm³/mol. The molecule has 0 fully saturated rings. The van der Waals surface area contributed by atoms with Crippen LogP contribution in [0.4, 0.5) is 5.00 Å². The monoisotopic (exact) mass is 387 g/mol. The van der Waals surface area contributed by atoms with Gasteiger partial charge in [0.1, 0.15) is 10.8 Å². The first-order chi connectivity index (χ1) is 12.9. The van der Waals surface area contributed by atoms with Crippen LogP contribution in [0.25, 0.3) is 0 Å². The summed E-state index contributed by atoms with van der Waals surface area (Å²) < 4.78 is 10.7. The number of rotatable bonds is 5. The Morgan fingerprint density at radius 1 is 1.26 bits per heavy atom. The minimum atomic E-state index is -0.368. The highest BCUT2D eigenvalue weighted by atomic mass is 32.1. The summed E-state index contributed by atoms with van der Waals surface area (Å²) in [4.78, 5) is 26.7. The van der Waals surface area contributed by atoms with Gasteiger partial charge in [-0.2, -0.15) is 0 Å². The van der Waals surface area contributed by atoms with Gasteiger partial charge in [-0.1, -0.05) is 19.1 Å². The maximum atomic E-state index is 12.8. The summed E-state index contributed by atoms with van der Waals surface area (Å²) in [5.74, 6) is 0.407. The van der Waals surface area contributed by atoms with Crippen LogP contribution in [-0.4, -0.2) is 25.1 Å². The topological polar surface area (TPSA) is 64.6 Å². The fourth-order valence-electron chi connectivity index (χ4n) is 3.33. The van der Waals surface area contributed by atoms with Crippen molar-refractivity contribution < 1.29 is 19.1 Å². The number of thiophene rings is 1. The van der Waals surface area contributed by atoms with E-state index in [-0.39, 0.29) is 18.0 Å². The first-order valence-electron chi connectivity index (χ1n) is 9.20. The lowest BCUT2D eigenvalue weighted by molar-refractivity contribution is 0.0378. The summed E-state index contributed by atoms with van der Waals surface area (Å²) in [5, 5.41) is 3.49. The average Bonchev–Trinajstić information content (AvgIpc) is 2.97. The Labute approximate surface area is 163 Å². The molecule has 0 spiro atoms. The first kappa shape index (κ1) is 19.4. The third-order valence-electron chi connectivity index (χ3n) is 4.64. The first-order valence-corrected chi connectivity index (χ1v) is 10.0. The van der Waals surface area contributed by atoms with Gasteiger partial charge in [-0.15, -0.1) is 11.3 Å². The number of benzene rings is 1. The molecule has 1 amide bonds. The number of methoxy groups -OCH3 is 1. The van der Waals surface area contributed by atoms with Gasteiger partial charge in [-0.25, -0.2) is 4.79 Å². The van der Waals surface area contributed by atoms with E-state index in [0.29, 0.717) is 27.8 Å². The highest BCUT2D eigenvalue weighted by Crippen LogP contribution is 2.40. The molecule has 1 aromatic heterocycles. The van der Waals surface area contributed by atoms with Crippen LogP contribution in [0, 0.1) is 5.92 Å². The number of hydrogen-bond donors (Lipinski definition) is 1. The Balaban J connectivity index is 1.96. The number of esters is 1. The Morgan fingerprint density at radius 3 is 2.70 bits per heavy atom. The molecule has 0 saturated carbocycles. The molecule has 27 heavy (non-hydrogen) atoms. The quantitative estimate of drug-likeness (QED) is 0.756. The molecule has 0 radical (unpaired) electrons. The zero-order valence-corrected chi connectivity index (χ0v) is 16.9. The summed E-state index contributed by atoms with van der Waals surface area (Å²) in [5.41, 5.74) is 1.97. The molecule has 2 aromatic rings. The van der Waals surface area contributed by atoms with Gasteiger partial charge in [0.25, 0.3) is 5.91 Å². The van der Waals surface area contributed by atoms with E-state index < -0.39 is 0 Å². The van der Waals surface area contributed by atoms with Crippen molar-refractivity contribution in [1.82, 2.24) is 0 Å². The number of nitrogens with one attached hydrogen (secondary N) is 1. The van der Waals surface area contributed by atoms with Gasteiger partial charge in [0, 0.05) is 4.88 Å². The Bertz CT molecular complexity index is 856. The molecule has 3 rings (SSSR count). The highest BCUT2D eigenvalue weighted by molar-refractivity contribution is 7.17. The van der Waals surface area contributed by atoms with Crippen molar-refractivity contribution >= 4 is 28.2 Å². The Morgan fingerprint density at radius 2 is 2.00 bits per heavy atom. The summed E-state index contributed by atoms with van der Waals surface area (Å²) in [6.07, 6.45) is 2.58. The van der Waals surface area contributed by atoms with E-state index >= 15 is 0 Å². The third kappa shape index (κ3) is 4.16. The second-order valence-corrected chi connectivity index (χ2v) is 8.27. The number of para-hydroxylation sites is 1. The van der Waals surface area contributed by atoms with Crippen molar-refractivity contribution in [3.8, 4) is 5.75 Å². The lowest BCUT2D eigenvalue weighted by Crippen LogP contribution is -2.19. The van der Waals surface area contributed by atoms with Gasteiger partial charge in [0.2, 0.25) is 0 Å². The average molecular weight is 388 g/mol. The molecule has 1 N–H and O–H groups in total. The predicted octanol–water partition coefficient (Wildman–Crippen LogP) is 4.70. The molecular formula is C21H25NO4S. The number of anilines is 1. The maximum Gasteiger partial charge on any atom is 0.341 e. The van der Waals surface area contributed by atoms with E-state index in [0.717, 1.165) is 24.8 Å². The van der Waals surface area contributed by atoms with Crippen molar-refractivity contribution in [3.63, 3.8) is 0 Å². The van der Waals surface area contributed by atoms with E-state index in [1.807, 2.05) is 19.9 Å². The van der Waals surface area contributed by atoms with Gasteiger partial charge in [-0.3, -0.25) is 4.79 Å². The molecule has 6 heteroatoms. The van der Waals surface area contributed by atoms with Crippen molar-refractivity contribution in [2.75, 3.05) is 12.4 Å². The molecule has 5 nitrogen and oxygen atoms in total. The van der Waals surface area contributed by atoms with Gasteiger partial charge in [-0.05, 0) is 56.7 Å². The van der Waals surface area contributed by atoms with E-state index in [2.05, 4.69) is 12.2 Å². The molecule has 0 aliphatic heterocycles. The lowest BCUT2D eigenvalue weighted by atomic mass is 9.88. The molecular weight excluding hydrogens is 362 g/mol. The highest BCUT2D eigenvalue weighted by Gasteiger charge is 2.30. The van der Waals surface area contributed by atoms with E-state index in [4.69, 9.17) is 9.47 Å². The van der Waals surface area contributed by atoms with E-state index in [1.165, 1.54) is 23.3 Å². The molecule has 0 saturated heterocycles. The normalized spacial score (nSPS) is 16.0. The van der Waals surface area contributed by atoms with Gasteiger partial charge >= 0.3 is 5.97 Å². The second-order valence-electron chi connectivity index (χ2n) is 7.16. The van der Waals surface area contributed by atoms with Crippen molar-refractivity contribution in [2.24, 2.45) is 5.92 Å². The van der Waals surface area contributed by atoms with Crippen molar-refractivity contribution in [1.29, 1.82) is 0 Å². The van der Waals surface area contributed by atoms with Crippen LogP contribution < -0.4 is 10.1 Å². The Kier molecular flexibility index (Phi) is 5.85. The zero-order chi connectivity index (χ0) is 19.6.